The van der Waals surface area contributed by atoms with Crippen molar-refractivity contribution in [1.82, 2.24) is 19.7 Å². The summed E-state index contributed by atoms with van der Waals surface area (Å²) in [5.41, 5.74) is 2.09. The van der Waals surface area contributed by atoms with E-state index in [1.165, 1.54) is 24.8 Å². The lowest BCUT2D eigenvalue weighted by molar-refractivity contribution is -0.114. The first-order valence-corrected chi connectivity index (χ1v) is 10.8. The number of hydrogen-bond donors (Lipinski definition) is 1. The molecule has 1 N–H and O–H groups in total. The Balaban J connectivity index is 1.53. The number of nitrogens with zero attached hydrogens (tertiary/aromatic N) is 5. The molecule has 2 aliphatic rings. The van der Waals surface area contributed by atoms with Crippen LogP contribution < -0.4 is 10.2 Å². The fourth-order valence-corrected chi connectivity index (χ4v) is 4.74. The quantitative estimate of drug-likeness (QED) is 0.840. The highest BCUT2D eigenvalue weighted by molar-refractivity contribution is 5.92. The van der Waals surface area contributed by atoms with E-state index < -0.39 is 0 Å². The molecule has 0 aromatic carbocycles. The van der Waals surface area contributed by atoms with Crippen molar-refractivity contribution in [1.29, 1.82) is 0 Å². The first-order valence-electron chi connectivity index (χ1n) is 10.8. The summed E-state index contributed by atoms with van der Waals surface area (Å²) in [6, 6.07) is 4.66. The highest BCUT2D eigenvalue weighted by Crippen LogP contribution is 2.35. The van der Waals surface area contributed by atoms with Crippen LogP contribution in [0.1, 0.15) is 51.6 Å². The van der Waals surface area contributed by atoms with Gasteiger partial charge in [-0.1, -0.05) is 6.42 Å². The summed E-state index contributed by atoms with van der Waals surface area (Å²) < 4.78 is 2.03. The summed E-state index contributed by atoms with van der Waals surface area (Å²) in [5, 5.41) is 7.46. The highest BCUT2D eigenvalue weighted by Gasteiger charge is 2.39. The maximum absolute atomic E-state index is 11.7. The van der Waals surface area contributed by atoms with Gasteiger partial charge in [0.05, 0.1) is 11.9 Å². The monoisotopic (exact) mass is 396 g/mol. The minimum absolute atomic E-state index is 0.0548. The van der Waals surface area contributed by atoms with Crippen molar-refractivity contribution in [3.63, 3.8) is 0 Å². The molecule has 1 amide bonds. The van der Waals surface area contributed by atoms with Gasteiger partial charge in [-0.15, -0.1) is 0 Å². The number of amides is 1. The van der Waals surface area contributed by atoms with E-state index in [1.54, 1.807) is 6.92 Å². The van der Waals surface area contributed by atoms with Crippen molar-refractivity contribution in [3.8, 4) is 0 Å². The number of likely N-dealkylation sites (tertiary alicyclic amines) is 1. The smallest absolute Gasteiger partial charge is 0.221 e. The van der Waals surface area contributed by atoms with Crippen molar-refractivity contribution in [2.24, 2.45) is 5.92 Å². The van der Waals surface area contributed by atoms with E-state index in [4.69, 9.17) is 0 Å². The second kappa shape index (κ2) is 8.53. The van der Waals surface area contributed by atoms with Crippen molar-refractivity contribution in [2.45, 2.75) is 58.7 Å². The molecule has 4 rings (SSSR count). The third kappa shape index (κ3) is 4.45. The van der Waals surface area contributed by atoms with Crippen LogP contribution in [0.3, 0.4) is 0 Å². The van der Waals surface area contributed by atoms with Crippen LogP contribution in [0.2, 0.25) is 0 Å². The number of hydrogen-bond acceptors (Lipinski definition) is 5. The molecule has 0 bridgehead atoms. The van der Waals surface area contributed by atoms with Gasteiger partial charge in [-0.25, -0.2) is 4.98 Å². The molecule has 2 fully saturated rings. The molecule has 156 valence electrons. The second-order valence-electron chi connectivity index (χ2n) is 8.69. The van der Waals surface area contributed by atoms with E-state index in [0.29, 0.717) is 18.0 Å². The van der Waals surface area contributed by atoms with Gasteiger partial charge in [0.15, 0.2) is 5.82 Å². The lowest BCUT2D eigenvalue weighted by atomic mass is 9.98. The first kappa shape index (κ1) is 19.9. The van der Waals surface area contributed by atoms with Gasteiger partial charge in [-0.3, -0.25) is 14.4 Å². The van der Waals surface area contributed by atoms with Gasteiger partial charge in [0.1, 0.15) is 0 Å². The Hall–Kier alpha value is -2.41. The summed E-state index contributed by atoms with van der Waals surface area (Å²) in [6.45, 7) is 9.92. The number of carbonyl (C=O) groups excluding carboxylic acids is 1. The average molecular weight is 397 g/mol. The van der Waals surface area contributed by atoms with Crippen LogP contribution in [-0.4, -0.2) is 51.2 Å². The lowest BCUT2D eigenvalue weighted by Gasteiger charge is -2.32. The van der Waals surface area contributed by atoms with Crippen LogP contribution in [-0.2, 0) is 11.3 Å². The number of nitrogens with one attached hydrogen (secondary N) is 1. The maximum atomic E-state index is 11.7. The summed E-state index contributed by atoms with van der Waals surface area (Å²) in [7, 11) is 0. The number of carbonyl (C=O) groups is 1. The standard InChI is InChI=1S/C22H32N6O/c1-16(2)28-13-18(11-24-28)12-26-14-19-7-4-5-10-27(21(19)15-26)22-20(25-17(3)29)8-6-9-23-22/h6,8-9,11,13,16,19,21H,4-5,7,10,12,14-15H2,1-3H3,(H,25,29)/t19-,21+/m1/s1. The van der Waals surface area contributed by atoms with E-state index in [1.807, 2.05) is 29.2 Å². The van der Waals surface area contributed by atoms with Crippen molar-refractivity contribution in [3.05, 3.63) is 36.3 Å². The molecular formula is C22H32N6O. The molecule has 7 nitrogen and oxygen atoms in total. The Morgan fingerprint density at radius 1 is 1.31 bits per heavy atom. The predicted octanol–water partition coefficient (Wildman–Crippen LogP) is 3.31. The molecule has 2 aromatic heterocycles. The second-order valence-corrected chi connectivity index (χ2v) is 8.69. The first-order chi connectivity index (χ1) is 14.0. The van der Waals surface area contributed by atoms with Crippen LogP contribution >= 0.6 is 0 Å². The highest BCUT2D eigenvalue weighted by atomic mass is 16.1. The SMILES string of the molecule is CC(=O)Nc1cccnc1N1CCCC[C@@H]2CN(Cc3cnn(C(C)C)c3)C[C@@H]21. The molecule has 0 saturated carbocycles. The molecule has 29 heavy (non-hydrogen) atoms. The van der Waals surface area contributed by atoms with Crippen LogP contribution in [0.15, 0.2) is 30.7 Å². The molecule has 0 spiro atoms. The van der Waals surface area contributed by atoms with Crippen LogP contribution in [0.25, 0.3) is 0 Å². The number of rotatable bonds is 5. The molecule has 2 aromatic rings. The Morgan fingerprint density at radius 3 is 2.93 bits per heavy atom. The van der Waals surface area contributed by atoms with E-state index in [9.17, 15) is 4.79 Å². The van der Waals surface area contributed by atoms with Crippen molar-refractivity contribution < 1.29 is 4.79 Å². The van der Waals surface area contributed by atoms with Crippen molar-refractivity contribution in [2.75, 3.05) is 29.9 Å². The third-order valence-corrected chi connectivity index (χ3v) is 6.07. The molecule has 2 atom stereocenters. The van der Waals surface area contributed by atoms with Gasteiger partial charge in [0.25, 0.3) is 0 Å². The zero-order valence-corrected chi connectivity index (χ0v) is 17.7. The van der Waals surface area contributed by atoms with Crippen LogP contribution in [0.5, 0.6) is 0 Å². The topological polar surface area (TPSA) is 66.3 Å². The van der Waals surface area contributed by atoms with E-state index in [-0.39, 0.29) is 5.91 Å². The summed E-state index contributed by atoms with van der Waals surface area (Å²) in [4.78, 5) is 21.3. The van der Waals surface area contributed by atoms with E-state index in [0.717, 1.165) is 37.7 Å². The van der Waals surface area contributed by atoms with Gasteiger partial charge in [0.2, 0.25) is 5.91 Å². The summed E-state index contributed by atoms with van der Waals surface area (Å²) in [5.74, 6) is 1.49. The number of pyridine rings is 1. The molecule has 2 saturated heterocycles. The zero-order chi connectivity index (χ0) is 20.4. The molecular weight excluding hydrogens is 364 g/mol. The molecule has 0 unspecified atom stereocenters. The van der Waals surface area contributed by atoms with Crippen LogP contribution in [0, 0.1) is 5.92 Å². The summed E-state index contributed by atoms with van der Waals surface area (Å²) in [6.07, 6.45) is 9.67. The average Bonchev–Trinajstić information content (AvgIpc) is 3.25. The number of fused-ring (bicyclic) bond motifs is 1. The van der Waals surface area contributed by atoms with Gasteiger partial charge in [0, 0.05) is 63.1 Å². The Kier molecular flexibility index (Phi) is 5.85. The molecule has 7 heteroatoms. The molecule has 4 heterocycles. The minimum atomic E-state index is -0.0548. The largest absolute Gasteiger partial charge is 0.350 e. The van der Waals surface area contributed by atoms with Gasteiger partial charge >= 0.3 is 0 Å². The van der Waals surface area contributed by atoms with Gasteiger partial charge in [-0.2, -0.15) is 5.10 Å². The number of aromatic nitrogens is 3. The Bertz CT molecular complexity index is 847. The lowest BCUT2D eigenvalue weighted by Crippen LogP contribution is -2.41. The predicted molar refractivity (Wildman–Crippen MR) is 115 cm³/mol. The summed E-state index contributed by atoms with van der Waals surface area (Å²) >= 11 is 0. The maximum Gasteiger partial charge on any atom is 0.221 e. The molecule has 0 radical (unpaired) electrons. The zero-order valence-electron chi connectivity index (χ0n) is 17.7. The van der Waals surface area contributed by atoms with E-state index >= 15 is 0 Å². The van der Waals surface area contributed by atoms with Gasteiger partial charge < -0.3 is 10.2 Å². The minimum Gasteiger partial charge on any atom is -0.350 e. The number of anilines is 2. The van der Waals surface area contributed by atoms with E-state index in [2.05, 4.69) is 45.2 Å². The molecule has 2 aliphatic heterocycles. The fraction of sp³-hybridized carbons (Fsp3) is 0.591. The Labute approximate surface area is 173 Å². The third-order valence-electron chi connectivity index (χ3n) is 6.07. The normalized spacial score (nSPS) is 22.6. The van der Waals surface area contributed by atoms with Gasteiger partial charge in [-0.05, 0) is 44.7 Å². The molecule has 0 aliphatic carbocycles. The Morgan fingerprint density at radius 2 is 2.17 bits per heavy atom. The fourth-order valence-electron chi connectivity index (χ4n) is 4.74. The van der Waals surface area contributed by atoms with Crippen molar-refractivity contribution >= 4 is 17.4 Å². The van der Waals surface area contributed by atoms with Crippen LogP contribution in [0.4, 0.5) is 11.5 Å².